The molecule has 0 radical (unpaired) electrons. The lowest BCUT2D eigenvalue weighted by Gasteiger charge is -2.26. The largest absolute Gasteiger partial charge is 0.448 e. The van der Waals surface area contributed by atoms with Crippen molar-refractivity contribution in [1.29, 1.82) is 0 Å². The van der Waals surface area contributed by atoms with Crippen LogP contribution in [0.25, 0.3) is 21.0 Å². The highest BCUT2D eigenvalue weighted by atomic mass is 35.5. The van der Waals surface area contributed by atoms with Crippen LogP contribution >= 0.6 is 23.7 Å². The molecule has 0 atom stereocenters. The van der Waals surface area contributed by atoms with E-state index >= 15 is 0 Å². The molecule has 0 bridgehead atoms. The summed E-state index contributed by atoms with van der Waals surface area (Å²) in [6.45, 7) is 3.10. The van der Waals surface area contributed by atoms with Gasteiger partial charge >= 0.3 is 0 Å². The summed E-state index contributed by atoms with van der Waals surface area (Å²) in [4.78, 5) is 18.8. The van der Waals surface area contributed by atoms with Crippen LogP contribution in [0.5, 0.6) is 0 Å². The fraction of sp³-hybridized carbons (Fsp3) is 0.250. The van der Waals surface area contributed by atoms with E-state index in [9.17, 15) is 4.79 Å². The molecule has 0 aliphatic carbocycles. The van der Waals surface area contributed by atoms with E-state index in [4.69, 9.17) is 4.42 Å². The van der Waals surface area contributed by atoms with Crippen molar-refractivity contribution < 1.29 is 9.21 Å². The summed E-state index contributed by atoms with van der Waals surface area (Å²) < 4.78 is 6.87. The Morgan fingerprint density at radius 3 is 2.74 bits per heavy atom. The second-order valence-corrected chi connectivity index (χ2v) is 6.22. The summed E-state index contributed by atoms with van der Waals surface area (Å²) in [5.41, 5.74) is 0.953. The van der Waals surface area contributed by atoms with Crippen LogP contribution in [0.4, 0.5) is 0 Å². The van der Waals surface area contributed by atoms with Crippen LogP contribution in [0.3, 0.4) is 0 Å². The number of carbonyl (C=O) groups is 1. The van der Waals surface area contributed by atoms with E-state index in [0.29, 0.717) is 11.5 Å². The fourth-order valence-corrected chi connectivity index (χ4v) is 3.50. The Kier molecular flexibility index (Phi) is 4.66. The number of benzene rings is 1. The third-order valence-corrected chi connectivity index (χ3v) is 4.78. The Morgan fingerprint density at radius 1 is 1.17 bits per heavy atom. The number of piperazine rings is 1. The van der Waals surface area contributed by atoms with Gasteiger partial charge in [-0.2, -0.15) is 0 Å². The third-order valence-electron chi connectivity index (χ3n) is 3.73. The molecule has 0 spiro atoms. The van der Waals surface area contributed by atoms with Gasteiger partial charge in [-0.05, 0) is 24.3 Å². The Labute approximate surface area is 143 Å². The van der Waals surface area contributed by atoms with Crippen molar-refractivity contribution in [1.82, 2.24) is 15.2 Å². The average Bonchev–Trinajstić information content (AvgIpc) is 3.21. The molecule has 3 aromatic rings. The normalized spacial score (nSPS) is 14.7. The molecule has 1 aliphatic rings. The second-order valence-electron chi connectivity index (χ2n) is 5.19. The summed E-state index contributed by atoms with van der Waals surface area (Å²) in [5, 5.41) is 4.04. The van der Waals surface area contributed by atoms with Gasteiger partial charge in [-0.15, -0.1) is 23.7 Å². The number of amides is 1. The molecular weight excluding hydrogens is 334 g/mol. The number of aromatic nitrogens is 1. The molecule has 1 N–H and O–H groups in total. The van der Waals surface area contributed by atoms with Crippen molar-refractivity contribution in [2.75, 3.05) is 26.2 Å². The molecule has 5 nitrogen and oxygen atoms in total. The average molecular weight is 350 g/mol. The summed E-state index contributed by atoms with van der Waals surface area (Å²) >= 11 is 1.57. The molecule has 0 saturated carbocycles. The minimum atomic E-state index is -0.0474. The van der Waals surface area contributed by atoms with Crippen LogP contribution in [-0.4, -0.2) is 42.0 Å². The third kappa shape index (κ3) is 3.10. The number of nitrogens with one attached hydrogen (secondary N) is 1. The monoisotopic (exact) mass is 349 g/mol. The first-order valence-electron chi connectivity index (χ1n) is 7.27. The van der Waals surface area contributed by atoms with Crippen LogP contribution in [0.15, 0.2) is 40.8 Å². The SMILES string of the molecule is Cl.O=C(c1ccc(-c2nc3ccccc3s2)o1)N1CCNCC1. The molecule has 23 heavy (non-hydrogen) atoms. The second kappa shape index (κ2) is 6.70. The van der Waals surface area contributed by atoms with Crippen LogP contribution in [0.2, 0.25) is 0 Å². The zero-order chi connectivity index (χ0) is 14.9. The van der Waals surface area contributed by atoms with E-state index in [-0.39, 0.29) is 18.3 Å². The van der Waals surface area contributed by atoms with Crippen molar-refractivity contribution in [3.63, 3.8) is 0 Å². The van der Waals surface area contributed by atoms with Gasteiger partial charge in [-0.25, -0.2) is 4.98 Å². The first-order chi connectivity index (χ1) is 10.8. The van der Waals surface area contributed by atoms with Gasteiger partial charge in [0.15, 0.2) is 16.5 Å². The number of hydrogen-bond acceptors (Lipinski definition) is 5. The van der Waals surface area contributed by atoms with Crippen molar-refractivity contribution in [3.8, 4) is 10.8 Å². The molecule has 120 valence electrons. The van der Waals surface area contributed by atoms with Gasteiger partial charge in [-0.1, -0.05) is 12.1 Å². The van der Waals surface area contributed by atoms with Gasteiger partial charge in [0.1, 0.15) is 0 Å². The Hall–Kier alpha value is -1.89. The van der Waals surface area contributed by atoms with E-state index in [2.05, 4.69) is 10.3 Å². The number of furan rings is 1. The maximum atomic E-state index is 12.4. The summed E-state index contributed by atoms with van der Waals surface area (Å²) in [5.74, 6) is 0.990. The molecule has 3 heterocycles. The van der Waals surface area contributed by atoms with Gasteiger partial charge in [0.25, 0.3) is 5.91 Å². The minimum Gasteiger partial charge on any atom is -0.448 e. The highest BCUT2D eigenvalue weighted by molar-refractivity contribution is 7.21. The Morgan fingerprint density at radius 2 is 1.96 bits per heavy atom. The molecule has 7 heteroatoms. The number of nitrogens with zero attached hydrogens (tertiary/aromatic N) is 2. The quantitative estimate of drug-likeness (QED) is 0.772. The zero-order valence-corrected chi connectivity index (χ0v) is 14.0. The van der Waals surface area contributed by atoms with E-state index in [1.807, 2.05) is 35.2 Å². The van der Waals surface area contributed by atoms with Crippen molar-refractivity contribution in [3.05, 3.63) is 42.2 Å². The lowest BCUT2D eigenvalue weighted by Crippen LogP contribution is -2.46. The van der Waals surface area contributed by atoms with Crippen LogP contribution < -0.4 is 5.32 Å². The molecule has 1 aromatic carbocycles. The Balaban J connectivity index is 0.00000156. The minimum absolute atomic E-state index is 0. The van der Waals surface area contributed by atoms with E-state index in [1.54, 1.807) is 17.4 Å². The lowest BCUT2D eigenvalue weighted by molar-refractivity contribution is 0.0704. The zero-order valence-electron chi connectivity index (χ0n) is 12.3. The highest BCUT2D eigenvalue weighted by Crippen LogP contribution is 2.31. The van der Waals surface area contributed by atoms with Crippen LogP contribution in [-0.2, 0) is 0 Å². The number of thiazole rings is 1. The van der Waals surface area contributed by atoms with Crippen molar-refractivity contribution in [2.24, 2.45) is 0 Å². The van der Waals surface area contributed by atoms with E-state index in [0.717, 1.165) is 41.4 Å². The lowest BCUT2D eigenvalue weighted by atomic mass is 10.3. The van der Waals surface area contributed by atoms with Crippen molar-refractivity contribution in [2.45, 2.75) is 0 Å². The molecule has 1 saturated heterocycles. The van der Waals surface area contributed by atoms with Gasteiger partial charge in [0.05, 0.1) is 10.2 Å². The topological polar surface area (TPSA) is 58.4 Å². The smallest absolute Gasteiger partial charge is 0.289 e. The van der Waals surface area contributed by atoms with Gasteiger partial charge in [0, 0.05) is 26.2 Å². The molecule has 2 aromatic heterocycles. The van der Waals surface area contributed by atoms with Crippen LogP contribution in [0.1, 0.15) is 10.6 Å². The highest BCUT2D eigenvalue weighted by Gasteiger charge is 2.21. The summed E-state index contributed by atoms with van der Waals surface area (Å²) in [7, 11) is 0. The van der Waals surface area contributed by atoms with Crippen molar-refractivity contribution >= 4 is 39.9 Å². The molecule has 1 amide bonds. The first-order valence-corrected chi connectivity index (χ1v) is 8.09. The number of carbonyl (C=O) groups excluding carboxylic acids is 1. The van der Waals surface area contributed by atoms with Gasteiger partial charge < -0.3 is 14.6 Å². The van der Waals surface area contributed by atoms with E-state index in [1.165, 1.54) is 0 Å². The molecule has 0 unspecified atom stereocenters. The first kappa shape index (κ1) is 16.0. The predicted octanol–water partition coefficient (Wildman–Crippen LogP) is 3.02. The summed E-state index contributed by atoms with van der Waals surface area (Å²) in [6.07, 6.45) is 0. The molecular formula is C16H16ClN3O2S. The van der Waals surface area contributed by atoms with Gasteiger partial charge in [-0.3, -0.25) is 4.79 Å². The standard InChI is InChI=1S/C16H15N3O2S.ClH/c20-16(19-9-7-17-8-10-19)13-6-5-12(21-13)15-18-11-3-1-2-4-14(11)22-15;/h1-6,17H,7-10H2;1H. The Bertz CT molecular complexity index is 790. The van der Waals surface area contributed by atoms with Gasteiger partial charge in [0.2, 0.25) is 0 Å². The molecule has 1 aliphatic heterocycles. The van der Waals surface area contributed by atoms with E-state index < -0.39 is 0 Å². The fourth-order valence-electron chi connectivity index (χ4n) is 2.57. The number of fused-ring (bicyclic) bond motifs is 1. The molecule has 4 rings (SSSR count). The number of para-hydroxylation sites is 1. The number of halogens is 1. The maximum absolute atomic E-state index is 12.4. The molecule has 1 fully saturated rings. The maximum Gasteiger partial charge on any atom is 0.289 e. The number of hydrogen-bond donors (Lipinski definition) is 1. The number of rotatable bonds is 2. The predicted molar refractivity (Wildman–Crippen MR) is 93.3 cm³/mol. The van der Waals surface area contributed by atoms with Crippen LogP contribution in [0, 0.1) is 0 Å². The summed E-state index contributed by atoms with van der Waals surface area (Å²) in [6, 6.07) is 11.5.